The number of aromatic nitrogens is 1. The van der Waals surface area contributed by atoms with E-state index in [0.29, 0.717) is 5.69 Å². The second kappa shape index (κ2) is 6.64. The fourth-order valence-electron chi connectivity index (χ4n) is 3.48. The van der Waals surface area contributed by atoms with Gasteiger partial charge in [-0.15, -0.1) is 0 Å². The van der Waals surface area contributed by atoms with Crippen molar-refractivity contribution in [3.63, 3.8) is 0 Å². The molecule has 0 amide bonds. The molecule has 1 N–H and O–H groups in total. The van der Waals surface area contributed by atoms with E-state index in [9.17, 15) is 12.8 Å². The van der Waals surface area contributed by atoms with E-state index < -0.39 is 10.0 Å². The predicted octanol–water partition coefficient (Wildman–Crippen LogP) is 3.64. The lowest BCUT2D eigenvalue weighted by molar-refractivity contribution is 0.389. The molecule has 1 aromatic heterocycles. The van der Waals surface area contributed by atoms with Crippen molar-refractivity contribution in [2.75, 3.05) is 0 Å². The number of aryl methyl sites for hydroxylation is 2. The van der Waals surface area contributed by atoms with Gasteiger partial charge >= 0.3 is 0 Å². The zero-order chi connectivity index (χ0) is 17.3. The molecule has 0 spiro atoms. The summed E-state index contributed by atoms with van der Waals surface area (Å²) in [6.07, 6.45) is 4.06. The second-order valence-corrected chi connectivity index (χ2v) is 8.00. The van der Waals surface area contributed by atoms with Gasteiger partial charge in [0.05, 0.1) is 0 Å². The van der Waals surface area contributed by atoms with Crippen LogP contribution in [0.25, 0.3) is 0 Å². The number of sulfonamides is 1. The summed E-state index contributed by atoms with van der Waals surface area (Å²) in [6.45, 7) is 3.19. The van der Waals surface area contributed by atoms with E-state index in [4.69, 9.17) is 4.52 Å². The molecular weight excluding hydrogens is 331 g/mol. The predicted molar refractivity (Wildman–Crippen MR) is 87.4 cm³/mol. The first-order valence-corrected chi connectivity index (χ1v) is 9.57. The van der Waals surface area contributed by atoms with Crippen LogP contribution in [-0.2, 0) is 10.0 Å². The maximum Gasteiger partial charge on any atom is 0.246 e. The topological polar surface area (TPSA) is 72.2 Å². The Bertz CT molecular complexity index is 789. The van der Waals surface area contributed by atoms with Gasteiger partial charge in [0.1, 0.15) is 16.4 Å². The minimum Gasteiger partial charge on any atom is -0.360 e. The lowest BCUT2D eigenvalue weighted by Crippen LogP contribution is -2.33. The molecule has 0 unspecified atom stereocenters. The summed E-state index contributed by atoms with van der Waals surface area (Å²) in [4.78, 5) is 0.0904. The van der Waals surface area contributed by atoms with Crippen molar-refractivity contribution in [3.8, 4) is 0 Å². The number of halogens is 1. The summed E-state index contributed by atoms with van der Waals surface area (Å²) in [5.74, 6) is 0.132. The number of rotatable bonds is 5. The summed E-state index contributed by atoms with van der Waals surface area (Å²) in [5, 5.41) is 3.73. The Morgan fingerprint density at radius 3 is 2.38 bits per heavy atom. The number of hydrogen-bond donors (Lipinski definition) is 1. The number of nitrogens with one attached hydrogen (secondary N) is 1. The van der Waals surface area contributed by atoms with Gasteiger partial charge in [-0.05, 0) is 50.3 Å². The maximum absolute atomic E-state index is 13.2. The zero-order valence-electron chi connectivity index (χ0n) is 13.8. The molecule has 130 valence electrons. The van der Waals surface area contributed by atoms with Crippen LogP contribution in [-0.4, -0.2) is 13.6 Å². The highest BCUT2D eigenvalue weighted by atomic mass is 32.2. The molecule has 1 aliphatic rings. The molecule has 1 atom stereocenters. The molecule has 2 aromatic rings. The molecule has 0 aliphatic heterocycles. The molecule has 3 rings (SSSR count). The molecule has 1 saturated carbocycles. The van der Waals surface area contributed by atoms with Crippen molar-refractivity contribution in [3.05, 3.63) is 47.1 Å². The van der Waals surface area contributed by atoms with Gasteiger partial charge in [0, 0.05) is 6.04 Å². The Balaban J connectivity index is 1.96. The highest BCUT2D eigenvalue weighted by molar-refractivity contribution is 7.89. The van der Waals surface area contributed by atoms with Crippen LogP contribution < -0.4 is 4.72 Å². The fourth-order valence-corrected chi connectivity index (χ4v) is 5.10. The molecule has 0 saturated heterocycles. The lowest BCUT2D eigenvalue weighted by Gasteiger charge is -2.25. The van der Waals surface area contributed by atoms with Crippen LogP contribution in [0.2, 0.25) is 0 Å². The Kier molecular flexibility index (Phi) is 4.73. The molecule has 0 bridgehead atoms. The highest BCUT2D eigenvalue weighted by Gasteiger charge is 2.33. The Morgan fingerprint density at radius 2 is 1.83 bits per heavy atom. The van der Waals surface area contributed by atoms with Gasteiger partial charge in [-0.3, -0.25) is 0 Å². The van der Waals surface area contributed by atoms with Crippen LogP contribution in [0.15, 0.2) is 33.7 Å². The Labute approximate surface area is 141 Å². The van der Waals surface area contributed by atoms with Crippen molar-refractivity contribution in [2.24, 2.45) is 5.92 Å². The van der Waals surface area contributed by atoms with Gasteiger partial charge < -0.3 is 4.52 Å². The smallest absolute Gasteiger partial charge is 0.246 e. The van der Waals surface area contributed by atoms with E-state index in [1.165, 1.54) is 12.1 Å². The summed E-state index contributed by atoms with van der Waals surface area (Å²) in [5.41, 5.74) is 1.11. The molecule has 1 fully saturated rings. The SMILES string of the molecule is Cc1noc(C)c1S(=O)(=O)N[C@H](c1ccc(F)cc1)C1CCCC1. The van der Waals surface area contributed by atoms with Crippen LogP contribution in [0, 0.1) is 25.6 Å². The van der Waals surface area contributed by atoms with E-state index in [0.717, 1.165) is 31.2 Å². The molecule has 5 nitrogen and oxygen atoms in total. The summed E-state index contributed by atoms with van der Waals surface area (Å²) in [7, 11) is -3.77. The van der Waals surface area contributed by atoms with Gasteiger partial charge in [0.2, 0.25) is 10.0 Å². The van der Waals surface area contributed by atoms with Gasteiger partial charge in [0.25, 0.3) is 0 Å². The van der Waals surface area contributed by atoms with Crippen LogP contribution in [0.1, 0.15) is 48.7 Å². The average Bonchev–Trinajstić information content (AvgIpc) is 3.16. The van der Waals surface area contributed by atoms with Crippen LogP contribution in [0.4, 0.5) is 4.39 Å². The van der Waals surface area contributed by atoms with Crippen molar-refractivity contribution < 1.29 is 17.3 Å². The summed E-state index contributed by atoms with van der Waals surface area (Å²) in [6, 6.07) is 5.64. The van der Waals surface area contributed by atoms with Gasteiger partial charge in [-0.25, -0.2) is 17.5 Å². The molecule has 0 radical (unpaired) electrons. The van der Waals surface area contributed by atoms with Gasteiger partial charge in [-0.2, -0.15) is 0 Å². The maximum atomic E-state index is 13.2. The monoisotopic (exact) mass is 352 g/mol. The first-order chi connectivity index (χ1) is 11.4. The van der Waals surface area contributed by atoms with Crippen LogP contribution in [0.3, 0.4) is 0 Å². The quantitative estimate of drug-likeness (QED) is 0.892. The van der Waals surface area contributed by atoms with E-state index in [-0.39, 0.29) is 28.4 Å². The van der Waals surface area contributed by atoms with E-state index in [1.807, 2.05) is 0 Å². The second-order valence-electron chi connectivity index (χ2n) is 6.35. The first-order valence-electron chi connectivity index (χ1n) is 8.09. The molecule has 1 aromatic carbocycles. The lowest BCUT2D eigenvalue weighted by atomic mass is 9.92. The fraction of sp³-hybridized carbons (Fsp3) is 0.471. The number of hydrogen-bond acceptors (Lipinski definition) is 4. The molecular formula is C17H21FN2O3S. The van der Waals surface area contributed by atoms with Crippen LogP contribution in [0.5, 0.6) is 0 Å². The average molecular weight is 352 g/mol. The summed E-state index contributed by atoms with van der Waals surface area (Å²) < 4.78 is 46.7. The number of benzene rings is 1. The van der Waals surface area contributed by atoms with Crippen molar-refractivity contribution in [1.82, 2.24) is 9.88 Å². The van der Waals surface area contributed by atoms with Crippen molar-refractivity contribution in [2.45, 2.75) is 50.5 Å². The minimum atomic E-state index is -3.77. The van der Waals surface area contributed by atoms with Gasteiger partial charge in [-0.1, -0.05) is 30.1 Å². The zero-order valence-corrected chi connectivity index (χ0v) is 14.6. The van der Waals surface area contributed by atoms with Crippen LogP contribution >= 0.6 is 0 Å². The van der Waals surface area contributed by atoms with Gasteiger partial charge in [0.15, 0.2) is 5.76 Å². The van der Waals surface area contributed by atoms with E-state index in [2.05, 4.69) is 9.88 Å². The highest BCUT2D eigenvalue weighted by Crippen LogP contribution is 2.37. The molecule has 1 heterocycles. The van der Waals surface area contributed by atoms with Crippen molar-refractivity contribution >= 4 is 10.0 Å². The molecule has 24 heavy (non-hydrogen) atoms. The first kappa shape index (κ1) is 17.1. The van der Waals surface area contributed by atoms with Crippen molar-refractivity contribution in [1.29, 1.82) is 0 Å². The largest absolute Gasteiger partial charge is 0.360 e. The minimum absolute atomic E-state index is 0.0904. The third-order valence-corrected chi connectivity index (χ3v) is 6.30. The Morgan fingerprint density at radius 1 is 1.21 bits per heavy atom. The summed E-state index contributed by atoms with van der Waals surface area (Å²) >= 11 is 0. The standard InChI is InChI=1S/C17H21FN2O3S/c1-11-17(12(2)23-19-11)24(21,22)20-16(13-5-3-4-6-13)14-7-9-15(18)10-8-14/h7-10,13,16,20H,3-6H2,1-2H3/t16-/m0/s1. The third kappa shape index (κ3) is 3.37. The third-order valence-electron chi connectivity index (χ3n) is 4.62. The number of nitrogens with zero attached hydrogens (tertiary/aromatic N) is 1. The van der Waals surface area contributed by atoms with E-state index in [1.54, 1.807) is 26.0 Å². The van der Waals surface area contributed by atoms with E-state index >= 15 is 0 Å². The normalized spacial score (nSPS) is 17.3. The Hall–Kier alpha value is -1.73. The molecule has 1 aliphatic carbocycles. The molecule has 7 heteroatoms.